The first kappa shape index (κ1) is 19.5. The minimum atomic E-state index is -1.20. The number of carboxylic acid groups (broad SMARTS) is 2. The highest BCUT2D eigenvalue weighted by Crippen LogP contribution is 2.33. The molecule has 0 aliphatic carbocycles. The van der Waals surface area contributed by atoms with Gasteiger partial charge in [-0.15, -0.1) is 22.7 Å². The first-order valence-electron chi connectivity index (χ1n) is 8.64. The summed E-state index contributed by atoms with van der Waals surface area (Å²) < 4.78 is 0.993. The Morgan fingerprint density at radius 1 is 0.967 bits per heavy atom. The molecule has 0 spiro atoms. The van der Waals surface area contributed by atoms with E-state index in [1.165, 1.54) is 34.8 Å². The van der Waals surface area contributed by atoms with E-state index >= 15 is 0 Å². The van der Waals surface area contributed by atoms with Crippen molar-refractivity contribution >= 4 is 56.5 Å². The Morgan fingerprint density at radius 2 is 1.67 bits per heavy atom. The summed E-state index contributed by atoms with van der Waals surface area (Å²) in [6.07, 6.45) is 1.73. The Morgan fingerprint density at radius 3 is 2.30 bits per heavy atom. The zero-order valence-electron chi connectivity index (χ0n) is 15.2. The van der Waals surface area contributed by atoms with E-state index in [0.29, 0.717) is 21.0 Å². The molecule has 2 N–H and O–H groups in total. The Hall–Kier alpha value is -3.80. The van der Waals surface area contributed by atoms with Crippen LogP contribution in [-0.4, -0.2) is 27.1 Å². The van der Waals surface area contributed by atoms with Crippen LogP contribution < -0.4 is 0 Å². The molecule has 2 aromatic carbocycles. The van der Waals surface area contributed by atoms with Gasteiger partial charge in [-0.3, -0.25) is 0 Å². The van der Waals surface area contributed by atoms with Crippen molar-refractivity contribution in [1.82, 2.24) is 4.98 Å². The maximum atomic E-state index is 11.3. The van der Waals surface area contributed by atoms with Crippen molar-refractivity contribution in [2.24, 2.45) is 0 Å². The molecule has 0 unspecified atom stereocenters. The van der Waals surface area contributed by atoms with Crippen LogP contribution in [0.3, 0.4) is 0 Å². The highest BCUT2D eigenvalue weighted by Gasteiger charge is 2.14. The number of carbonyl (C=O) groups is 2. The van der Waals surface area contributed by atoms with Crippen molar-refractivity contribution in [3.63, 3.8) is 0 Å². The van der Waals surface area contributed by atoms with Crippen LogP contribution >= 0.6 is 22.7 Å². The Balaban J connectivity index is 1.72. The van der Waals surface area contributed by atoms with Crippen LogP contribution in [0.15, 0.2) is 54.6 Å². The van der Waals surface area contributed by atoms with Gasteiger partial charge < -0.3 is 10.2 Å². The summed E-state index contributed by atoms with van der Waals surface area (Å²) in [5.74, 6) is -2.39. The number of aromatic nitrogens is 1. The normalized spacial score (nSPS) is 11.4. The van der Waals surface area contributed by atoms with Gasteiger partial charge in [0.15, 0.2) is 0 Å². The predicted molar refractivity (Wildman–Crippen MR) is 117 cm³/mol. The van der Waals surface area contributed by atoms with E-state index < -0.39 is 11.9 Å². The molecular formula is C22H12N2O4S2. The molecule has 2 aromatic heterocycles. The minimum Gasteiger partial charge on any atom is -0.478 e. The lowest BCUT2D eigenvalue weighted by atomic mass is 10.0. The molecule has 0 atom stereocenters. The average Bonchev–Trinajstić information content (AvgIpc) is 3.38. The molecule has 6 nitrogen and oxygen atoms in total. The van der Waals surface area contributed by atoms with Crippen molar-refractivity contribution in [3.8, 4) is 16.5 Å². The molecule has 0 saturated heterocycles. The van der Waals surface area contributed by atoms with Crippen LogP contribution in [-0.2, 0) is 0 Å². The van der Waals surface area contributed by atoms with Crippen LogP contribution in [0, 0.1) is 11.3 Å². The maximum Gasteiger partial charge on any atom is 0.335 e. The number of thiazole rings is 1. The Labute approximate surface area is 178 Å². The molecule has 4 rings (SSSR count). The second-order valence-corrected chi connectivity index (χ2v) is 8.41. The summed E-state index contributed by atoms with van der Waals surface area (Å²) >= 11 is 2.77. The zero-order valence-corrected chi connectivity index (χ0v) is 16.8. The van der Waals surface area contributed by atoms with E-state index in [2.05, 4.69) is 11.1 Å². The van der Waals surface area contributed by atoms with E-state index in [4.69, 9.17) is 0 Å². The van der Waals surface area contributed by atoms with Gasteiger partial charge in [0.05, 0.1) is 26.9 Å². The van der Waals surface area contributed by atoms with Gasteiger partial charge >= 0.3 is 11.9 Å². The summed E-state index contributed by atoms with van der Waals surface area (Å²) in [6.45, 7) is 0. The van der Waals surface area contributed by atoms with E-state index in [0.717, 1.165) is 21.2 Å². The van der Waals surface area contributed by atoms with Crippen LogP contribution in [0.4, 0.5) is 0 Å². The number of hydrogen-bond acceptors (Lipinski definition) is 6. The maximum absolute atomic E-state index is 11.3. The molecule has 146 valence electrons. The predicted octanol–water partition coefficient (Wildman–Crippen LogP) is 5.49. The standard InChI is InChI=1S/C22H12N2O4S2/c23-11-15(20-24-17-3-1-2-4-19(17)30-20)10-16-5-6-18(29-16)12-7-13(21(25)26)9-14(8-12)22(27)28/h1-10H,(H,25,26)(H,27,28)/b15-10+. The van der Waals surface area contributed by atoms with Gasteiger partial charge in [-0.2, -0.15) is 5.26 Å². The summed E-state index contributed by atoms with van der Waals surface area (Å²) in [7, 11) is 0. The lowest BCUT2D eigenvalue weighted by Gasteiger charge is -2.03. The SMILES string of the molecule is N#C/C(=C\c1ccc(-c2cc(C(=O)O)cc(C(=O)O)c2)s1)c1nc2ccccc2s1. The minimum absolute atomic E-state index is 0.0948. The molecule has 30 heavy (non-hydrogen) atoms. The van der Waals surface area contributed by atoms with E-state index in [1.54, 1.807) is 18.2 Å². The van der Waals surface area contributed by atoms with Crippen LogP contribution in [0.5, 0.6) is 0 Å². The summed E-state index contributed by atoms with van der Waals surface area (Å²) in [5, 5.41) is 28.8. The van der Waals surface area contributed by atoms with Gasteiger partial charge in [0, 0.05) is 9.75 Å². The number of rotatable bonds is 5. The molecule has 0 saturated carbocycles. The smallest absolute Gasteiger partial charge is 0.335 e. The average molecular weight is 432 g/mol. The molecule has 0 aliphatic rings. The zero-order chi connectivity index (χ0) is 21.3. The molecule has 0 amide bonds. The molecule has 2 heterocycles. The monoisotopic (exact) mass is 432 g/mol. The van der Waals surface area contributed by atoms with Gasteiger partial charge in [0.2, 0.25) is 0 Å². The van der Waals surface area contributed by atoms with E-state index in [-0.39, 0.29) is 11.1 Å². The fourth-order valence-electron chi connectivity index (χ4n) is 2.87. The van der Waals surface area contributed by atoms with Gasteiger partial charge in [-0.25, -0.2) is 14.6 Å². The lowest BCUT2D eigenvalue weighted by molar-refractivity contribution is 0.0696. The van der Waals surface area contributed by atoms with Crippen LogP contribution in [0.1, 0.15) is 30.6 Å². The van der Waals surface area contributed by atoms with Gasteiger partial charge in [-0.05, 0) is 54.1 Å². The topological polar surface area (TPSA) is 111 Å². The van der Waals surface area contributed by atoms with Gasteiger partial charge in [-0.1, -0.05) is 12.1 Å². The highest BCUT2D eigenvalue weighted by atomic mass is 32.1. The van der Waals surface area contributed by atoms with Crippen molar-refractivity contribution in [2.45, 2.75) is 0 Å². The number of aromatic carboxylic acids is 2. The van der Waals surface area contributed by atoms with Gasteiger partial charge in [0.25, 0.3) is 0 Å². The summed E-state index contributed by atoms with van der Waals surface area (Å²) in [5.41, 5.74) is 1.56. The fourth-order valence-corrected chi connectivity index (χ4v) is 4.74. The number of para-hydroxylation sites is 1. The Kier molecular flexibility index (Phi) is 5.14. The molecule has 0 radical (unpaired) electrons. The van der Waals surface area contributed by atoms with E-state index in [9.17, 15) is 25.1 Å². The number of thiophene rings is 1. The third-order valence-electron chi connectivity index (χ3n) is 4.27. The van der Waals surface area contributed by atoms with Gasteiger partial charge in [0.1, 0.15) is 11.1 Å². The highest BCUT2D eigenvalue weighted by molar-refractivity contribution is 7.19. The number of fused-ring (bicyclic) bond motifs is 1. The van der Waals surface area contributed by atoms with Crippen molar-refractivity contribution < 1.29 is 19.8 Å². The van der Waals surface area contributed by atoms with Crippen LogP contribution in [0.2, 0.25) is 0 Å². The number of nitriles is 1. The Bertz CT molecular complexity index is 1310. The molecule has 8 heteroatoms. The second kappa shape index (κ2) is 7.91. The summed E-state index contributed by atoms with van der Waals surface area (Å²) in [4.78, 5) is 28.7. The number of carboxylic acids is 2. The largest absolute Gasteiger partial charge is 0.478 e. The molecule has 0 fully saturated rings. The number of benzene rings is 2. The van der Waals surface area contributed by atoms with Crippen molar-refractivity contribution in [1.29, 1.82) is 5.26 Å². The number of allylic oxidation sites excluding steroid dienone is 1. The molecule has 0 bridgehead atoms. The van der Waals surface area contributed by atoms with Crippen LogP contribution in [0.25, 0.3) is 32.3 Å². The van der Waals surface area contributed by atoms with Crippen molar-refractivity contribution in [3.05, 3.63) is 75.6 Å². The second-order valence-electron chi connectivity index (χ2n) is 6.27. The third-order valence-corrected chi connectivity index (χ3v) is 6.42. The fraction of sp³-hybridized carbons (Fsp3) is 0. The first-order valence-corrected chi connectivity index (χ1v) is 10.3. The van der Waals surface area contributed by atoms with E-state index in [1.807, 2.05) is 24.3 Å². The van der Waals surface area contributed by atoms with Crippen molar-refractivity contribution in [2.75, 3.05) is 0 Å². The lowest BCUT2D eigenvalue weighted by Crippen LogP contribution is -2.02. The number of hydrogen-bond donors (Lipinski definition) is 2. The number of nitrogens with zero attached hydrogens (tertiary/aromatic N) is 2. The molecule has 0 aliphatic heterocycles. The molecule has 4 aromatic rings. The molecular weight excluding hydrogens is 420 g/mol. The quantitative estimate of drug-likeness (QED) is 0.404. The first-order chi connectivity index (χ1) is 14.4. The summed E-state index contributed by atoms with van der Waals surface area (Å²) in [6, 6.07) is 17.4. The third kappa shape index (κ3) is 3.85.